The van der Waals surface area contributed by atoms with Gasteiger partial charge in [-0.05, 0) is 54.8 Å². The third kappa shape index (κ3) is 7.46. The van der Waals surface area contributed by atoms with E-state index in [2.05, 4.69) is 10.9 Å². The smallest absolute Gasteiger partial charge is 0.269 e. The summed E-state index contributed by atoms with van der Waals surface area (Å²) in [6.07, 6.45) is 4.05. The molecule has 11 heteroatoms. The van der Waals surface area contributed by atoms with Crippen LogP contribution in [0.4, 0.5) is 0 Å². The number of ether oxygens (including phenoxy) is 2. The first-order valence-electron chi connectivity index (χ1n) is 11.1. The molecule has 190 valence electrons. The molecule has 3 rings (SSSR count). The number of rotatable bonds is 10. The fraction of sp³-hybridized carbons (Fsp3) is 0.280. The van der Waals surface area contributed by atoms with Gasteiger partial charge in [0, 0.05) is 23.6 Å². The van der Waals surface area contributed by atoms with Crippen LogP contribution in [0.3, 0.4) is 0 Å². The van der Waals surface area contributed by atoms with Gasteiger partial charge in [-0.25, -0.2) is 0 Å². The predicted molar refractivity (Wildman–Crippen MR) is 145 cm³/mol. The molecular weight excluding hydrogens is 522 g/mol. The van der Waals surface area contributed by atoms with Crippen molar-refractivity contribution in [1.29, 1.82) is 0 Å². The van der Waals surface area contributed by atoms with E-state index in [1.807, 2.05) is 6.07 Å². The molecule has 0 radical (unpaired) electrons. The van der Waals surface area contributed by atoms with Crippen molar-refractivity contribution in [3.8, 4) is 11.5 Å². The zero-order chi connectivity index (χ0) is 26.1. The quantitative estimate of drug-likeness (QED) is 0.194. The van der Waals surface area contributed by atoms with Crippen molar-refractivity contribution in [1.82, 2.24) is 15.8 Å². The number of hydrogen-bond donors (Lipinski definition) is 2. The molecule has 1 heterocycles. The SMILES string of the molecule is COc1ccc(C=C2SC(=S)N(CCCCCC(=O)NNC(=O)c3cccc(Cl)c3)C2=O)cc1OC. The number of thiocarbonyl (C=S) groups is 1. The number of hydrogen-bond acceptors (Lipinski definition) is 7. The van der Waals surface area contributed by atoms with Crippen molar-refractivity contribution in [2.75, 3.05) is 20.8 Å². The first-order chi connectivity index (χ1) is 17.3. The maximum atomic E-state index is 12.8. The van der Waals surface area contributed by atoms with Gasteiger partial charge in [-0.1, -0.05) is 54.1 Å². The van der Waals surface area contributed by atoms with E-state index in [4.69, 9.17) is 33.3 Å². The van der Waals surface area contributed by atoms with E-state index >= 15 is 0 Å². The fourth-order valence-electron chi connectivity index (χ4n) is 3.41. The highest BCUT2D eigenvalue weighted by Crippen LogP contribution is 2.34. The highest BCUT2D eigenvalue weighted by Gasteiger charge is 2.31. The number of carbonyl (C=O) groups excluding carboxylic acids is 3. The van der Waals surface area contributed by atoms with Gasteiger partial charge in [0.1, 0.15) is 4.32 Å². The first kappa shape index (κ1) is 27.5. The Balaban J connectivity index is 1.40. The van der Waals surface area contributed by atoms with Gasteiger partial charge >= 0.3 is 0 Å². The Labute approximate surface area is 224 Å². The van der Waals surface area contributed by atoms with Gasteiger partial charge in [-0.2, -0.15) is 0 Å². The largest absolute Gasteiger partial charge is 0.493 e. The summed E-state index contributed by atoms with van der Waals surface area (Å²) in [6, 6.07) is 11.9. The molecule has 0 spiro atoms. The van der Waals surface area contributed by atoms with E-state index in [1.165, 1.54) is 17.8 Å². The van der Waals surface area contributed by atoms with Gasteiger partial charge in [-0.15, -0.1) is 0 Å². The fourth-order valence-corrected chi connectivity index (χ4v) is 4.91. The topological polar surface area (TPSA) is 97.0 Å². The molecule has 0 saturated carbocycles. The minimum Gasteiger partial charge on any atom is -0.493 e. The molecular formula is C25H26ClN3O5S2. The monoisotopic (exact) mass is 547 g/mol. The van der Waals surface area contributed by atoms with Crippen molar-refractivity contribution in [3.05, 3.63) is 63.5 Å². The summed E-state index contributed by atoms with van der Waals surface area (Å²) >= 11 is 12.5. The Kier molecular flexibility index (Phi) is 10.2. The second-order valence-electron chi connectivity index (χ2n) is 7.77. The van der Waals surface area contributed by atoms with Crippen LogP contribution in [0.25, 0.3) is 6.08 Å². The predicted octanol–water partition coefficient (Wildman–Crippen LogP) is 4.58. The van der Waals surface area contributed by atoms with E-state index in [0.717, 1.165) is 12.0 Å². The summed E-state index contributed by atoms with van der Waals surface area (Å²) in [5.74, 6) is 0.311. The van der Waals surface area contributed by atoms with E-state index in [0.29, 0.717) is 50.7 Å². The molecule has 0 bridgehead atoms. The number of halogens is 1. The van der Waals surface area contributed by atoms with Crippen molar-refractivity contribution in [3.63, 3.8) is 0 Å². The van der Waals surface area contributed by atoms with Crippen molar-refractivity contribution >= 4 is 63.7 Å². The molecule has 2 N–H and O–H groups in total. The van der Waals surface area contributed by atoms with Crippen LogP contribution in [-0.4, -0.2) is 47.7 Å². The Hall–Kier alpha value is -3.08. The summed E-state index contributed by atoms with van der Waals surface area (Å²) in [7, 11) is 3.12. The number of thioether (sulfide) groups is 1. The molecule has 1 aliphatic rings. The van der Waals surface area contributed by atoms with Gasteiger partial charge in [0.15, 0.2) is 11.5 Å². The number of nitrogens with zero attached hydrogens (tertiary/aromatic N) is 1. The molecule has 3 amide bonds. The molecule has 1 fully saturated rings. The molecule has 8 nitrogen and oxygen atoms in total. The molecule has 0 aromatic heterocycles. The lowest BCUT2D eigenvalue weighted by Crippen LogP contribution is -2.41. The zero-order valence-electron chi connectivity index (χ0n) is 19.8. The molecule has 0 aliphatic carbocycles. The van der Waals surface area contributed by atoms with Crippen LogP contribution in [0.15, 0.2) is 47.4 Å². The van der Waals surface area contributed by atoms with Crippen LogP contribution < -0.4 is 20.3 Å². The average Bonchev–Trinajstić information content (AvgIpc) is 3.14. The minimum absolute atomic E-state index is 0.138. The highest BCUT2D eigenvalue weighted by molar-refractivity contribution is 8.26. The summed E-state index contributed by atoms with van der Waals surface area (Å²) in [4.78, 5) is 39.0. The molecule has 36 heavy (non-hydrogen) atoms. The minimum atomic E-state index is -0.443. The Morgan fingerprint density at radius 2 is 1.83 bits per heavy atom. The molecule has 2 aromatic carbocycles. The lowest BCUT2D eigenvalue weighted by atomic mass is 10.1. The van der Waals surface area contributed by atoms with E-state index in [-0.39, 0.29) is 18.2 Å². The zero-order valence-corrected chi connectivity index (χ0v) is 22.2. The standard InChI is InChI=1S/C25H26ClN3O5S2/c1-33-19-11-10-16(13-20(19)34-2)14-21-24(32)29(25(35)36-21)12-5-3-4-9-22(30)27-28-23(31)17-7-6-8-18(26)15-17/h6-8,10-11,13-15H,3-5,9,12H2,1-2H3,(H,27,30)(H,28,31). The third-order valence-corrected chi connectivity index (χ3v) is 6.88. The Morgan fingerprint density at radius 1 is 1.06 bits per heavy atom. The maximum Gasteiger partial charge on any atom is 0.269 e. The summed E-state index contributed by atoms with van der Waals surface area (Å²) in [5.41, 5.74) is 5.93. The second-order valence-corrected chi connectivity index (χ2v) is 9.88. The number of hydrazine groups is 1. The Morgan fingerprint density at radius 3 is 2.56 bits per heavy atom. The lowest BCUT2D eigenvalue weighted by Gasteiger charge is -2.14. The number of amides is 3. The van der Waals surface area contributed by atoms with Crippen LogP contribution in [0, 0.1) is 0 Å². The molecule has 0 unspecified atom stereocenters. The van der Waals surface area contributed by atoms with Crippen molar-refractivity contribution < 1.29 is 23.9 Å². The van der Waals surface area contributed by atoms with Crippen LogP contribution >= 0.6 is 35.6 Å². The number of unbranched alkanes of at least 4 members (excludes halogenated alkanes) is 2. The Bertz CT molecular complexity index is 1190. The number of carbonyl (C=O) groups is 3. The first-order valence-corrected chi connectivity index (χ1v) is 12.7. The van der Waals surface area contributed by atoms with Crippen LogP contribution in [-0.2, 0) is 9.59 Å². The summed E-state index contributed by atoms with van der Waals surface area (Å²) in [5, 5.41) is 0.437. The van der Waals surface area contributed by atoms with Gasteiger partial charge in [-0.3, -0.25) is 30.1 Å². The summed E-state index contributed by atoms with van der Waals surface area (Å²) < 4.78 is 11.1. The number of methoxy groups -OCH3 is 2. The molecule has 1 aliphatic heterocycles. The lowest BCUT2D eigenvalue weighted by molar-refractivity contribution is -0.123. The number of nitrogens with one attached hydrogen (secondary N) is 2. The van der Waals surface area contributed by atoms with Gasteiger partial charge in [0.25, 0.3) is 11.8 Å². The molecule has 2 aromatic rings. The van der Waals surface area contributed by atoms with E-state index in [1.54, 1.807) is 55.5 Å². The molecule has 0 atom stereocenters. The second kappa shape index (κ2) is 13.3. The number of benzene rings is 2. The summed E-state index contributed by atoms with van der Waals surface area (Å²) in [6.45, 7) is 0.473. The highest BCUT2D eigenvalue weighted by atomic mass is 35.5. The third-order valence-electron chi connectivity index (χ3n) is 5.27. The van der Waals surface area contributed by atoms with Crippen molar-refractivity contribution in [2.24, 2.45) is 0 Å². The average molecular weight is 548 g/mol. The van der Waals surface area contributed by atoms with Crippen LogP contribution in [0.5, 0.6) is 11.5 Å². The van der Waals surface area contributed by atoms with Crippen molar-refractivity contribution in [2.45, 2.75) is 25.7 Å². The van der Waals surface area contributed by atoms with Gasteiger partial charge in [0.2, 0.25) is 5.91 Å². The van der Waals surface area contributed by atoms with Crippen LogP contribution in [0.2, 0.25) is 5.02 Å². The normalized spacial score (nSPS) is 14.2. The van der Waals surface area contributed by atoms with Gasteiger partial charge in [0.05, 0.1) is 19.1 Å². The maximum absolute atomic E-state index is 12.8. The van der Waals surface area contributed by atoms with Crippen LogP contribution in [0.1, 0.15) is 41.6 Å². The van der Waals surface area contributed by atoms with Gasteiger partial charge < -0.3 is 9.47 Å². The van der Waals surface area contributed by atoms with E-state index in [9.17, 15) is 14.4 Å². The van der Waals surface area contributed by atoms with E-state index < -0.39 is 5.91 Å². The molecule has 1 saturated heterocycles.